The van der Waals surface area contributed by atoms with Crippen molar-refractivity contribution in [1.29, 1.82) is 0 Å². The Balaban J connectivity index is 1.79. The Morgan fingerprint density at radius 3 is 1.82 bits per heavy atom. The van der Waals surface area contributed by atoms with Crippen molar-refractivity contribution in [3.63, 3.8) is 0 Å². The second kappa shape index (κ2) is 13.3. The predicted octanol–water partition coefficient (Wildman–Crippen LogP) is 8.68. The Morgan fingerprint density at radius 2 is 1.39 bits per heavy atom. The molecule has 0 atom stereocenters. The summed E-state index contributed by atoms with van der Waals surface area (Å²) in [7, 11) is 1.59. The van der Waals surface area contributed by atoms with Gasteiger partial charge in [0.05, 0.1) is 19.2 Å². The highest BCUT2D eigenvalue weighted by Crippen LogP contribution is 2.37. The third kappa shape index (κ3) is 8.22. The van der Waals surface area contributed by atoms with Gasteiger partial charge < -0.3 is 18.8 Å². The van der Waals surface area contributed by atoms with Crippen molar-refractivity contribution in [2.75, 3.05) is 25.7 Å². The topological polar surface area (TPSA) is 43.8 Å². The van der Waals surface area contributed by atoms with E-state index in [0.717, 1.165) is 58.1 Å². The third-order valence-corrected chi connectivity index (χ3v) is 12.8. The fourth-order valence-electron chi connectivity index (χ4n) is 3.80. The minimum Gasteiger partial charge on any atom is -0.497 e. The van der Waals surface area contributed by atoms with Gasteiger partial charge in [-0.2, -0.15) is 0 Å². The van der Waals surface area contributed by atoms with Crippen molar-refractivity contribution in [2.24, 2.45) is 0 Å². The van der Waals surface area contributed by atoms with E-state index in [0.29, 0.717) is 18.1 Å². The molecule has 5 nitrogen and oxygen atoms in total. The molecule has 0 aliphatic carbocycles. The summed E-state index contributed by atoms with van der Waals surface area (Å²) in [5, 5.41) is 0.912. The molecule has 1 heterocycles. The molecule has 0 aliphatic rings. The zero-order valence-electron chi connectivity index (χ0n) is 23.6. The molecule has 0 unspecified atom stereocenters. The van der Waals surface area contributed by atoms with E-state index < -0.39 is 8.32 Å². The summed E-state index contributed by atoms with van der Waals surface area (Å²) in [6.07, 6.45) is 1.70. The number of hydrogen-bond acceptors (Lipinski definition) is 5. The number of hydrogen-bond donors (Lipinski definition) is 0. The summed E-state index contributed by atoms with van der Waals surface area (Å²) >= 11 is 10.6. The molecule has 3 aromatic rings. The van der Waals surface area contributed by atoms with Gasteiger partial charge in [0, 0.05) is 25.3 Å². The molecule has 0 amide bonds. The zero-order valence-corrected chi connectivity index (χ0v) is 26.9. The second-order valence-corrected chi connectivity index (χ2v) is 17.0. The number of halogens is 2. The maximum Gasteiger partial charge on any atom is 0.191 e. The first kappa shape index (κ1) is 30.5. The lowest BCUT2D eigenvalue weighted by atomic mass is 10.1. The lowest BCUT2D eigenvalue weighted by Crippen LogP contribution is -2.41. The lowest BCUT2D eigenvalue weighted by Gasteiger charge is -2.36. The Labute approximate surface area is 242 Å². The summed E-state index contributed by atoms with van der Waals surface area (Å²) in [4.78, 5) is 7.16. The van der Waals surface area contributed by atoms with Crippen molar-refractivity contribution in [2.45, 2.75) is 64.8 Å². The van der Waals surface area contributed by atoms with Crippen LogP contribution in [-0.2, 0) is 23.9 Å². The standard InChI is InChI=1S/C30H40BrClN2O3Si/c1-30(2,3)38(6,7)37-18-8-9-26-27(32)19-28(33-29(26)31)34(20-22-10-14-24(35-4)15-11-22)21-23-12-16-25(36-5)17-13-23/h10-17,19H,8-9,18,20-21H2,1-7H3. The summed E-state index contributed by atoms with van der Waals surface area (Å²) < 4.78 is 17.8. The van der Waals surface area contributed by atoms with Gasteiger partial charge in [-0.25, -0.2) is 4.98 Å². The predicted molar refractivity (Wildman–Crippen MR) is 164 cm³/mol. The number of nitrogens with zero attached hydrogens (tertiary/aromatic N) is 2. The molecule has 8 heteroatoms. The Kier molecular flexibility index (Phi) is 10.7. The Hall–Kier alpha value is -2.06. The number of methoxy groups -OCH3 is 2. The van der Waals surface area contributed by atoms with Crippen LogP contribution in [0.4, 0.5) is 5.82 Å². The summed E-state index contributed by atoms with van der Waals surface area (Å²) in [6, 6.07) is 18.2. The van der Waals surface area contributed by atoms with Gasteiger partial charge in [0.1, 0.15) is 21.9 Å². The molecule has 0 spiro atoms. The van der Waals surface area contributed by atoms with Gasteiger partial charge in [0.15, 0.2) is 8.32 Å². The number of pyridine rings is 1. The van der Waals surface area contributed by atoms with Gasteiger partial charge in [-0.1, -0.05) is 56.6 Å². The quantitative estimate of drug-likeness (QED) is 0.115. The summed E-state index contributed by atoms with van der Waals surface area (Å²) in [5.41, 5.74) is 3.32. The van der Waals surface area contributed by atoms with Crippen LogP contribution in [0.25, 0.3) is 0 Å². The first-order valence-electron chi connectivity index (χ1n) is 12.9. The van der Waals surface area contributed by atoms with Crippen LogP contribution in [0.5, 0.6) is 11.5 Å². The van der Waals surface area contributed by atoms with Gasteiger partial charge in [0.2, 0.25) is 0 Å². The molecule has 0 aliphatic heterocycles. The molecular weight excluding hydrogens is 580 g/mol. The maximum atomic E-state index is 6.84. The van der Waals surface area contributed by atoms with Crippen LogP contribution in [0.2, 0.25) is 23.2 Å². The molecule has 206 valence electrons. The van der Waals surface area contributed by atoms with E-state index in [1.54, 1.807) is 14.2 Å². The van der Waals surface area contributed by atoms with Gasteiger partial charge in [0.25, 0.3) is 0 Å². The third-order valence-electron chi connectivity index (χ3n) is 7.24. The highest BCUT2D eigenvalue weighted by atomic mass is 79.9. The van der Waals surface area contributed by atoms with Crippen molar-refractivity contribution in [3.05, 3.63) is 80.9 Å². The monoisotopic (exact) mass is 618 g/mol. The van der Waals surface area contributed by atoms with Crippen LogP contribution in [0.1, 0.15) is 43.9 Å². The SMILES string of the molecule is COc1ccc(CN(Cc2ccc(OC)cc2)c2cc(Cl)c(CCCO[Si](C)(C)C(C)(C)C)c(Br)n2)cc1. The number of rotatable bonds is 12. The van der Waals surface area contributed by atoms with Crippen LogP contribution in [0.15, 0.2) is 59.2 Å². The molecule has 1 aromatic heterocycles. The molecule has 3 rings (SSSR count). The summed E-state index contributed by atoms with van der Waals surface area (Å²) in [6.45, 7) is 13.4. The van der Waals surface area contributed by atoms with E-state index in [4.69, 9.17) is 30.5 Å². The first-order chi connectivity index (χ1) is 17.9. The number of aromatic nitrogens is 1. The van der Waals surface area contributed by atoms with Gasteiger partial charge >= 0.3 is 0 Å². The van der Waals surface area contributed by atoms with Crippen LogP contribution in [0.3, 0.4) is 0 Å². The maximum absolute atomic E-state index is 6.84. The molecule has 0 bridgehead atoms. The van der Waals surface area contributed by atoms with Crippen LogP contribution >= 0.6 is 27.5 Å². The number of anilines is 1. The molecule has 38 heavy (non-hydrogen) atoms. The van der Waals surface area contributed by atoms with Gasteiger partial charge in [-0.05, 0) is 88.4 Å². The number of ether oxygens (including phenoxy) is 2. The molecule has 2 aromatic carbocycles. The van der Waals surface area contributed by atoms with Crippen molar-refractivity contribution in [1.82, 2.24) is 4.98 Å². The van der Waals surface area contributed by atoms with Gasteiger partial charge in [-0.3, -0.25) is 0 Å². The van der Waals surface area contributed by atoms with E-state index in [1.807, 2.05) is 30.3 Å². The van der Waals surface area contributed by atoms with E-state index in [1.165, 1.54) is 0 Å². The van der Waals surface area contributed by atoms with Crippen LogP contribution in [-0.4, -0.2) is 34.1 Å². The average molecular weight is 620 g/mol. The Bertz CT molecular complexity index is 1110. The largest absolute Gasteiger partial charge is 0.497 e. The molecule has 0 saturated carbocycles. The second-order valence-electron chi connectivity index (χ2n) is 11.0. The molecule has 0 saturated heterocycles. The highest BCUT2D eigenvalue weighted by Gasteiger charge is 2.36. The molecule has 0 N–H and O–H groups in total. The summed E-state index contributed by atoms with van der Waals surface area (Å²) in [5.74, 6) is 2.48. The molecule has 0 radical (unpaired) electrons. The van der Waals surface area contributed by atoms with Crippen molar-refractivity contribution >= 4 is 41.7 Å². The molecule has 0 fully saturated rings. The first-order valence-corrected chi connectivity index (χ1v) is 17.0. The normalized spacial score (nSPS) is 11.9. The van der Waals surface area contributed by atoms with Crippen molar-refractivity contribution in [3.8, 4) is 11.5 Å². The Morgan fingerprint density at radius 1 is 0.895 bits per heavy atom. The van der Waals surface area contributed by atoms with Crippen molar-refractivity contribution < 1.29 is 13.9 Å². The van der Waals surface area contributed by atoms with E-state index in [-0.39, 0.29) is 5.04 Å². The fourth-order valence-corrected chi connectivity index (χ4v) is 5.87. The van der Waals surface area contributed by atoms with Gasteiger partial charge in [-0.15, -0.1) is 0 Å². The van der Waals surface area contributed by atoms with Crippen LogP contribution < -0.4 is 14.4 Å². The zero-order chi connectivity index (χ0) is 27.9. The van der Waals surface area contributed by atoms with E-state index in [2.05, 4.69) is 79.0 Å². The van der Waals surface area contributed by atoms with Crippen LogP contribution in [0, 0.1) is 0 Å². The molecular formula is C30H40BrClN2O3Si. The average Bonchev–Trinajstić information content (AvgIpc) is 2.87. The highest BCUT2D eigenvalue weighted by molar-refractivity contribution is 9.10. The minimum atomic E-state index is -1.76. The lowest BCUT2D eigenvalue weighted by molar-refractivity contribution is 0.282. The number of benzene rings is 2. The minimum absolute atomic E-state index is 0.200. The smallest absolute Gasteiger partial charge is 0.191 e. The fraction of sp³-hybridized carbons (Fsp3) is 0.433. The van der Waals surface area contributed by atoms with E-state index in [9.17, 15) is 0 Å². The van der Waals surface area contributed by atoms with E-state index >= 15 is 0 Å².